The van der Waals surface area contributed by atoms with E-state index in [9.17, 15) is 0 Å². The predicted octanol–water partition coefficient (Wildman–Crippen LogP) is 4.08. The lowest BCUT2D eigenvalue weighted by Gasteiger charge is -2.17. The van der Waals surface area contributed by atoms with Gasteiger partial charge in [-0.1, -0.05) is 52.2 Å². The second kappa shape index (κ2) is 5.87. The van der Waals surface area contributed by atoms with Crippen LogP contribution in [0.5, 0.6) is 0 Å². The first-order valence-corrected chi connectivity index (χ1v) is 7.86. The zero-order chi connectivity index (χ0) is 13.1. The lowest BCUT2D eigenvalue weighted by Crippen LogP contribution is -2.10. The summed E-state index contributed by atoms with van der Waals surface area (Å²) in [6, 6.07) is 10.3. The van der Waals surface area contributed by atoms with Crippen molar-refractivity contribution in [1.29, 1.82) is 0 Å². The first kappa shape index (κ1) is 12.9. The summed E-state index contributed by atoms with van der Waals surface area (Å²) in [5.41, 5.74) is 2.35. The normalized spacial score (nSPS) is 24.1. The summed E-state index contributed by atoms with van der Waals surface area (Å²) in [5, 5.41) is 8.40. The van der Waals surface area contributed by atoms with E-state index < -0.39 is 0 Å². The Labute approximate surface area is 122 Å². The van der Waals surface area contributed by atoms with Crippen LogP contribution in [0.25, 0.3) is 5.69 Å². The summed E-state index contributed by atoms with van der Waals surface area (Å²) < 4.78 is 2.00. The molecule has 2 unspecified atom stereocenters. The summed E-state index contributed by atoms with van der Waals surface area (Å²) in [7, 11) is 0. The molecule has 4 heteroatoms. The summed E-state index contributed by atoms with van der Waals surface area (Å²) in [6.07, 6.45) is 8.25. The van der Waals surface area contributed by atoms with Gasteiger partial charge in [0.15, 0.2) is 0 Å². The van der Waals surface area contributed by atoms with Crippen LogP contribution < -0.4 is 0 Å². The standard InChI is InChI=1S/C15H18BrN3/c16-13-7-5-4-6-12(10-13)15-11-17-18-19(15)14-8-2-1-3-9-14/h1-3,8-9,11-13H,4-7,10H2. The van der Waals surface area contributed by atoms with E-state index in [4.69, 9.17) is 0 Å². The van der Waals surface area contributed by atoms with Crippen LogP contribution in [0.15, 0.2) is 36.5 Å². The van der Waals surface area contributed by atoms with Crippen molar-refractivity contribution in [3.8, 4) is 5.69 Å². The number of aromatic nitrogens is 3. The Morgan fingerprint density at radius 1 is 1.11 bits per heavy atom. The molecule has 1 aromatic heterocycles. The molecule has 3 nitrogen and oxygen atoms in total. The van der Waals surface area contributed by atoms with Gasteiger partial charge in [-0.15, -0.1) is 5.10 Å². The van der Waals surface area contributed by atoms with Crippen LogP contribution in [0.3, 0.4) is 0 Å². The molecule has 1 fully saturated rings. The lowest BCUT2D eigenvalue weighted by atomic mass is 9.97. The summed E-state index contributed by atoms with van der Waals surface area (Å²) in [6.45, 7) is 0. The molecule has 1 aliphatic rings. The molecule has 19 heavy (non-hydrogen) atoms. The van der Waals surface area contributed by atoms with Crippen LogP contribution >= 0.6 is 15.9 Å². The Hall–Kier alpha value is -1.16. The van der Waals surface area contributed by atoms with E-state index in [-0.39, 0.29) is 0 Å². The molecule has 1 heterocycles. The van der Waals surface area contributed by atoms with Crippen molar-refractivity contribution in [2.24, 2.45) is 0 Å². The number of nitrogens with zero attached hydrogens (tertiary/aromatic N) is 3. The molecule has 100 valence electrons. The van der Waals surface area contributed by atoms with Crippen LogP contribution in [-0.2, 0) is 0 Å². The first-order valence-electron chi connectivity index (χ1n) is 6.94. The average Bonchev–Trinajstić information content (AvgIpc) is 2.83. The minimum absolute atomic E-state index is 0.557. The lowest BCUT2D eigenvalue weighted by molar-refractivity contribution is 0.564. The van der Waals surface area contributed by atoms with Gasteiger partial charge < -0.3 is 0 Å². The third kappa shape index (κ3) is 2.89. The van der Waals surface area contributed by atoms with E-state index in [1.807, 2.05) is 29.1 Å². The second-order valence-corrected chi connectivity index (χ2v) is 6.52. The molecule has 3 rings (SSSR count). The fourth-order valence-corrected chi connectivity index (χ4v) is 3.64. The molecule has 0 saturated heterocycles. The van der Waals surface area contributed by atoms with Crippen LogP contribution in [0.4, 0.5) is 0 Å². The van der Waals surface area contributed by atoms with Gasteiger partial charge >= 0.3 is 0 Å². The zero-order valence-electron chi connectivity index (χ0n) is 10.9. The maximum atomic E-state index is 4.27. The molecule has 1 aromatic carbocycles. The quantitative estimate of drug-likeness (QED) is 0.617. The third-order valence-electron chi connectivity index (χ3n) is 3.85. The van der Waals surface area contributed by atoms with Crippen molar-refractivity contribution in [2.75, 3.05) is 0 Å². The number of halogens is 1. The molecular weight excluding hydrogens is 302 g/mol. The van der Waals surface area contributed by atoms with Gasteiger partial charge in [-0.2, -0.15) is 0 Å². The highest BCUT2D eigenvalue weighted by Crippen LogP contribution is 2.34. The van der Waals surface area contributed by atoms with Crippen LogP contribution in [0.1, 0.15) is 43.7 Å². The number of para-hydroxylation sites is 1. The fraction of sp³-hybridized carbons (Fsp3) is 0.467. The molecule has 0 bridgehead atoms. The van der Waals surface area contributed by atoms with Crippen molar-refractivity contribution in [3.63, 3.8) is 0 Å². The topological polar surface area (TPSA) is 30.7 Å². The summed E-state index contributed by atoms with van der Waals surface area (Å²) in [4.78, 5) is 0.624. The van der Waals surface area contributed by atoms with Crippen molar-refractivity contribution in [2.45, 2.75) is 42.8 Å². The molecule has 0 N–H and O–H groups in total. The fourth-order valence-electron chi connectivity index (χ4n) is 2.86. The van der Waals surface area contributed by atoms with Gasteiger partial charge in [0.2, 0.25) is 0 Å². The maximum absolute atomic E-state index is 4.27. The van der Waals surface area contributed by atoms with Gasteiger partial charge in [-0.25, -0.2) is 4.68 Å². The number of hydrogen-bond donors (Lipinski definition) is 0. The molecular formula is C15H18BrN3. The molecule has 1 aliphatic carbocycles. The van der Waals surface area contributed by atoms with E-state index in [0.29, 0.717) is 10.7 Å². The van der Waals surface area contributed by atoms with Gasteiger partial charge in [-0.05, 0) is 31.4 Å². The molecule has 2 aromatic rings. The molecule has 1 saturated carbocycles. The zero-order valence-corrected chi connectivity index (χ0v) is 12.5. The minimum Gasteiger partial charge on any atom is -0.217 e. The van der Waals surface area contributed by atoms with Crippen LogP contribution in [0.2, 0.25) is 0 Å². The highest BCUT2D eigenvalue weighted by molar-refractivity contribution is 9.09. The monoisotopic (exact) mass is 319 g/mol. The second-order valence-electron chi connectivity index (χ2n) is 5.22. The number of hydrogen-bond acceptors (Lipinski definition) is 2. The van der Waals surface area contributed by atoms with E-state index in [1.54, 1.807) is 0 Å². The van der Waals surface area contributed by atoms with Crippen molar-refractivity contribution in [3.05, 3.63) is 42.2 Å². The SMILES string of the molecule is BrC1CCCCC(c2cnnn2-c2ccccc2)C1. The van der Waals surface area contributed by atoms with Gasteiger partial charge in [0.25, 0.3) is 0 Å². The molecule has 0 aliphatic heterocycles. The van der Waals surface area contributed by atoms with E-state index in [0.717, 1.165) is 5.69 Å². The average molecular weight is 320 g/mol. The van der Waals surface area contributed by atoms with E-state index >= 15 is 0 Å². The first-order chi connectivity index (χ1) is 9.34. The van der Waals surface area contributed by atoms with Gasteiger partial charge in [0.05, 0.1) is 17.6 Å². The van der Waals surface area contributed by atoms with E-state index in [1.165, 1.54) is 37.8 Å². The predicted molar refractivity (Wildman–Crippen MR) is 79.9 cm³/mol. The largest absolute Gasteiger partial charge is 0.217 e. The Morgan fingerprint density at radius 3 is 2.74 bits per heavy atom. The maximum Gasteiger partial charge on any atom is 0.0732 e. The third-order valence-corrected chi connectivity index (χ3v) is 4.69. The Kier molecular flexibility index (Phi) is 3.97. The number of benzene rings is 1. The Morgan fingerprint density at radius 2 is 1.89 bits per heavy atom. The minimum atomic E-state index is 0.557. The summed E-state index contributed by atoms with van der Waals surface area (Å²) >= 11 is 3.79. The van der Waals surface area contributed by atoms with Crippen LogP contribution in [-0.4, -0.2) is 19.8 Å². The van der Waals surface area contributed by atoms with Crippen molar-refractivity contribution < 1.29 is 0 Å². The highest BCUT2D eigenvalue weighted by atomic mass is 79.9. The van der Waals surface area contributed by atoms with Crippen molar-refractivity contribution in [1.82, 2.24) is 15.0 Å². The van der Waals surface area contributed by atoms with Gasteiger partial charge in [0.1, 0.15) is 0 Å². The number of alkyl halides is 1. The van der Waals surface area contributed by atoms with Crippen molar-refractivity contribution >= 4 is 15.9 Å². The van der Waals surface area contributed by atoms with E-state index in [2.05, 4.69) is 38.4 Å². The van der Waals surface area contributed by atoms with Gasteiger partial charge in [-0.3, -0.25) is 0 Å². The molecule has 0 radical (unpaired) electrons. The molecule has 0 amide bonds. The Bertz CT molecular complexity index is 523. The molecule has 0 spiro atoms. The highest BCUT2D eigenvalue weighted by Gasteiger charge is 2.23. The number of rotatable bonds is 2. The smallest absolute Gasteiger partial charge is 0.0732 e. The van der Waals surface area contributed by atoms with Gasteiger partial charge in [0, 0.05) is 10.7 Å². The molecule has 2 atom stereocenters. The summed E-state index contributed by atoms with van der Waals surface area (Å²) in [5.74, 6) is 0.557. The Balaban J connectivity index is 1.91. The van der Waals surface area contributed by atoms with Crippen LogP contribution in [0, 0.1) is 0 Å².